The Hall–Kier alpha value is -0.570. The lowest BCUT2D eigenvalue weighted by atomic mass is 9.46. The number of likely N-dealkylation sites (tertiary alicyclic amines) is 1. The van der Waals surface area contributed by atoms with Gasteiger partial charge in [0.05, 0.1) is 6.10 Å². The summed E-state index contributed by atoms with van der Waals surface area (Å²) >= 11 is 0. The number of guanidine groups is 1. The normalized spacial score (nSPS) is 37.2. The molecule has 0 radical (unpaired) electrons. The fraction of sp³-hybridized carbons (Fsp3) is 0.882. The maximum atomic E-state index is 11.6. The third kappa shape index (κ3) is 2.81. The molecule has 1 spiro atoms. The topological polar surface area (TPSA) is 66.0 Å². The standard InChI is InChI=1S/C17H28N4O2.HI/c1-18-16(19-11-4-5-13(22)21(2)10-11)20-14-12-6-9-23-15(12)17(14)7-3-8-17;/h11-12,14-15H,3-10H2,1-2H3,(H2,18,19,20);1H. The Morgan fingerprint density at radius 1 is 1.33 bits per heavy atom. The highest BCUT2D eigenvalue weighted by atomic mass is 127. The van der Waals surface area contributed by atoms with Crippen LogP contribution in [-0.4, -0.2) is 62.2 Å². The summed E-state index contributed by atoms with van der Waals surface area (Å²) in [6.45, 7) is 1.67. The van der Waals surface area contributed by atoms with Gasteiger partial charge in [0.1, 0.15) is 0 Å². The second kappa shape index (κ2) is 6.97. The van der Waals surface area contributed by atoms with E-state index in [1.165, 1.54) is 25.7 Å². The number of hydrogen-bond donors (Lipinski definition) is 2. The lowest BCUT2D eigenvalue weighted by molar-refractivity contribution is -0.171. The van der Waals surface area contributed by atoms with Gasteiger partial charge in [-0.05, 0) is 25.7 Å². The molecule has 0 aromatic carbocycles. The zero-order valence-corrected chi connectivity index (χ0v) is 16.9. The van der Waals surface area contributed by atoms with E-state index < -0.39 is 0 Å². The average Bonchev–Trinajstić information content (AvgIpc) is 2.90. The second-order valence-electron chi connectivity index (χ2n) is 7.68. The quantitative estimate of drug-likeness (QED) is 0.380. The van der Waals surface area contributed by atoms with E-state index in [-0.39, 0.29) is 35.9 Å². The van der Waals surface area contributed by atoms with Crippen molar-refractivity contribution in [2.75, 3.05) is 27.2 Å². The number of nitrogens with one attached hydrogen (secondary N) is 2. The van der Waals surface area contributed by atoms with Crippen molar-refractivity contribution in [3.05, 3.63) is 0 Å². The zero-order chi connectivity index (χ0) is 16.0. The minimum Gasteiger partial charge on any atom is -0.377 e. The van der Waals surface area contributed by atoms with Crippen molar-refractivity contribution in [2.45, 2.75) is 56.7 Å². The molecular weight excluding hydrogens is 419 g/mol. The van der Waals surface area contributed by atoms with E-state index >= 15 is 0 Å². The Bertz CT molecular complexity index is 523. The van der Waals surface area contributed by atoms with Gasteiger partial charge in [0.2, 0.25) is 5.91 Å². The van der Waals surface area contributed by atoms with E-state index in [1.807, 2.05) is 19.0 Å². The number of aliphatic imine (C=N–C) groups is 1. The molecule has 2 aliphatic heterocycles. The summed E-state index contributed by atoms with van der Waals surface area (Å²) in [5.74, 6) is 1.77. The summed E-state index contributed by atoms with van der Waals surface area (Å²) in [7, 11) is 3.71. The van der Waals surface area contributed by atoms with Crippen molar-refractivity contribution in [2.24, 2.45) is 16.3 Å². The molecule has 0 aromatic rings. The molecule has 4 unspecified atom stereocenters. The highest BCUT2D eigenvalue weighted by Crippen LogP contribution is 2.62. The number of amides is 1. The van der Waals surface area contributed by atoms with Gasteiger partial charge in [-0.1, -0.05) is 6.42 Å². The van der Waals surface area contributed by atoms with Gasteiger partial charge in [0.15, 0.2) is 5.96 Å². The Morgan fingerprint density at radius 2 is 2.12 bits per heavy atom. The minimum absolute atomic E-state index is 0. The number of fused-ring (bicyclic) bond motifs is 2. The van der Waals surface area contributed by atoms with Gasteiger partial charge in [-0.2, -0.15) is 0 Å². The molecule has 2 saturated carbocycles. The number of carbonyl (C=O) groups is 1. The highest BCUT2D eigenvalue weighted by Gasteiger charge is 2.66. The number of hydrogen-bond acceptors (Lipinski definition) is 3. The Labute approximate surface area is 161 Å². The predicted molar refractivity (Wildman–Crippen MR) is 104 cm³/mol. The van der Waals surface area contributed by atoms with Gasteiger partial charge < -0.3 is 20.3 Å². The number of carbonyl (C=O) groups excluding carboxylic acids is 1. The van der Waals surface area contributed by atoms with E-state index in [2.05, 4.69) is 15.6 Å². The van der Waals surface area contributed by atoms with Gasteiger partial charge in [0, 0.05) is 57.1 Å². The number of halogens is 1. The van der Waals surface area contributed by atoms with Crippen LogP contribution in [0.4, 0.5) is 0 Å². The molecule has 2 N–H and O–H groups in total. The van der Waals surface area contributed by atoms with Crippen molar-refractivity contribution >= 4 is 35.8 Å². The molecule has 1 amide bonds. The third-order valence-corrected chi connectivity index (χ3v) is 6.52. The van der Waals surface area contributed by atoms with E-state index in [9.17, 15) is 4.79 Å². The van der Waals surface area contributed by atoms with Gasteiger partial charge >= 0.3 is 0 Å². The first-order valence-electron chi connectivity index (χ1n) is 8.99. The van der Waals surface area contributed by atoms with Gasteiger partial charge in [-0.25, -0.2) is 0 Å². The zero-order valence-electron chi connectivity index (χ0n) is 14.6. The molecule has 4 aliphatic rings. The van der Waals surface area contributed by atoms with Crippen molar-refractivity contribution in [1.82, 2.24) is 15.5 Å². The molecule has 4 rings (SSSR count). The molecule has 7 heteroatoms. The van der Waals surface area contributed by atoms with Gasteiger partial charge in [-0.15, -0.1) is 24.0 Å². The summed E-state index contributed by atoms with van der Waals surface area (Å²) in [6.07, 6.45) is 7.04. The van der Waals surface area contributed by atoms with Crippen LogP contribution >= 0.6 is 24.0 Å². The van der Waals surface area contributed by atoms with Crippen LogP contribution in [0, 0.1) is 11.3 Å². The predicted octanol–water partition coefficient (Wildman–Crippen LogP) is 1.35. The van der Waals surface area contributed by atoms with Crippen LogP contribution in [0.5, 0.6) is 0 Å². The summed E-state index contributed by atoms with van der Waals surface area (Å²) < 4.78 is 5.99. The van der Waals surface area contributed by atoms with Crippen LogP contribution in [0.1, 0.15) is 38.5 Å². The maximum absolute atomic E-state index is 11.6. The number of rotatable bonds is 2. The smallest absolute Gasteiger partial charge is 0.222 e. The molecule has 6 nitrogen and oxygen atoms in total. The molecule has 0 aromatic heterocycles. The Kier molecular flexibility index (Phi) is 5.30. The van der Waals surface area contributed by atoms with Gasteiger partial charge in [0.25, 0.3) is 0 Å². The summed E-state index contributed by atoms with van der Waals surface area (Å²) in [6, 6.07) is 0.787. The number of piperidine rings is 1. The fourth-order valence-corrected chi connectivity index (χ4v) is 5.10. The SMILES string of the molecule is CN=C(NC1CCC(=O)N(C)C1)NC1C2CCOC2C12CCC2.I. The van der Waals surface area contributed by atoms with Crippen molar-refractivity contribution in [3.63, 3.8) is 0 Å². The van der Waals surface area contributed by atoms with E-state index in [0.717, 1.165) is 25.5 Å². The highest BCUT2D eigenvalue weighted by molar-refractivity contribution is 14.0. The van der Waals surface area contributed by atoms with Gasteiger partial charge in [-0.3, -0.25) is 9.79 Å². The minimum atomic E-state index is 0. The lowest BCUT2D eigenvalue weighted by Gasteiger charge is -2.63. The molecule has 0 bridgehead atoms. The van der Waals surface area contributed by atoms with E-state index in [0.29, 0.717) is 29.9 Å². The fourth-order valence-electron chi connectivity index (χ4n) is 5.10. The first-order valence-corrected chi connectivity index (χ1v) is 8.99. The van der Waals surface area contributed by atoms with Crippen LogP contribution in [-0.2, 0) is 9.53 Å². The first kappa shape index (κ1) is 18.2. The van der Waals surface area contributed by atoms with Crippen molar-refractivity contribution < 1.29 is 9.53 Å². The molecule has 2 aliphatic carbocycles. The third-order valence-electron chi connectivity index (χ3n) is 6.52. The van der Waals surface area contributed by atoms with Crippen LogP contribution in [0.3, 0.4) is 0 Å². The number of likely N-dealkylation sites (N-methyl/N-ethyl adjacent to an activating group) is 1. The number of nitrogens with zero attached hydrogens (tertiary/aromatic N) is 2. The summed E-state index contributed by atoms with van der Waals surface area (Å²) in [4.78, 5) is 17.9. The van der Waals surface area contributed by atoms with Crippen LogP contribution < -0.4 is 10.6 Å². The van der Waals surface area contributed by atoms with E-state index in [4.69, 9.17) is 4.74 Å². The molecule has 24 heavy (non-hydrogen) atoms. The monoisotopic (exact) mass is 448 g/mol. The first-order chi connectivity index (χ1) is 11.1. The molecular formula is C17H29IN4O2. The summed E-state index contributed by atoms with van der Waals surface area (Å²) in [5, 5.41) is 7.22. The Balaban J connectivity index is 0.00000169. The average molecular weight is 448 g/mol. The van der Waals surface area contributed by atoms with Crippen molar-refractivity contribution in [1.29, 1.82) is 0 Å². The largest absolute Gasteiger partial charge is 0.377 e. The van der Waals surface area contributed by atoms with Crippen LogP contribution in [0.2, 0.25) is 0 Å². The number of ether oxygens (including phenoxy) is 1. The maximum Gasteiger partial charge on any atom is 0.222 e. The summed E-state index contributed by atoms with van der Waals surface area (Å²) in [5.41, 5.74) is 0.359. The molecule has 136 valence electrons. The lowest BCUT2D eigenvalue weighted by Crippen LogP contribution is -2.73. The van der Waals surface area contributed by atoms with E-state index in [1.54, 1.807) is 0 Å². The molecule has 4 fully saturated rings. The molecule has 2 heterocycles. The van der Waals surface area contributed by atoms with Crippen molar-refractivity contribution in [3.8, 4) is 0 Å². The second-order valence-corrected chi connectivity index (χ2v) is 7.68. The molecule has 2 saturated heterocycles. The molecule has 4 atom stereocenters. The van der Waals surface area contributed by atoms with Crippen LogP contribution in [0.15, 0.2) is 4.99 Å². The Morgan fingerprint density at radius 3 is 2.75 bits per heavy atom. The van der Waals surface area contributed by atoms with Crippen LogP contribution in [0.25, 0.3) is 0 Å².